The third-order valence-corrected chi connectivity index (χ3v) is 7.07. The van der Waals surface area contributed by atoms with Crippen LogP contribution in [0.25, 0.3) is 0 Å². The lowest BCUT2D eigenvalue weighted by Crippen LogP contribution is -2.49. The Labute approximate surface area is 202 Å². The number of carbonyl (C=O) groups excluding carboxylic acids is 2. The number of hydrogen-bond acceptors (Lipinski definition) is 3. The molecule has 1 saturated heterocycles. The van der Waals surface area contributed by atoms with E-state index in [1.807, 2.05) is 60.3 Å². The van der Waals surface area contributed by atoms with Crippen molar-refractivity contribution in [3.63, 3.8) is 0 Å². The van der Waals surface area contributed by atoms with Crippen LogP contribution in [0.15, 0.2) is 67.0 Å². The topological polar surface area (TPSA) is 58.4 Å². The molecule has 0 N–H and O–H groups in total. The highest BCUT2D eigenvalue weighted by atomic mass is 16.2. The smallest absolute Gasteiger partial charge is 0.253 e. The highest BCUT2D eigenvalue weighted by Crippen LogP contribution is 2.28. The highest BCUT2D eigenvalue weighted by molar-refractivity contribution is 5.94. The molecular formula is C28H34N4O2. The van der Waals surface area contributed by atoms with Crippen LogP contribution in [0.3, 0.4) is 0 Å². The van der Waals surface area contributed by atoms with Gasteiger partial charge in [-0.15, -0.1) is 0 Å². The van der Waals surface area contributed by atoms with E-state index in [4.69, 9.17) is 0 Å². The summed E-state index contributed by atoms with van der Waals surface area (Å²) < 4.78 is 1.67. The number of carbonyl (C=O) groups is 2. The van der Waals surface area contributed by atoms with Gasteiger partial charge in [0.2, 0.25) is 5.91 Å². The zero-order valence-electron chi connectivity index (χ0n) is 20.4. The van der Waals surface area contributed by atoms with Crippen molar-refractivity contribution in [3.8, 4) is 0 Å². The average Bonchev–Trinajstić information content (AvgIpc) is 3.36. The van der Waals surface area contributed by atoms with Crippen LogP contribution in [-0.4, -0.2) is 57.6 Å². The number of benzene rings is 2. The molecule has 2 aromatic carbocycles. The Kier molecular flexibility index (Phi) is 7.46. The van der Waals surface area contributed by atoms with E-state index in [0.29, 0.717) is 19.0 Å². The summed E-state index contributed by atoms with van der Waals surface area (Å²) in [5.41, 5.74) is 4.36. The minimum Gasteiger partial charge on any atom is -0.341 e. The third kappa shape index (κ3) is 5.56. The Morgan fingerprint density at radius 1 is 1.06 bits per heavy atom. The number of likely N-dealkylation sites (N-methyl/N-ethyl adjacent to an activating group) is 1. The molecule has 3 aromatic rings. The van der Waals surface area contributed by atoms with E-state index in [0.717, 1.165) is 30.4 Å². The van der Waals surface area contributed by atoms with Crippen LogP contribution in [0.2, 0.25) is 0 Å². The number of aryl methyl sites for hydroxylation is 2. The molecule has 1 aliphatic heterocycles. The maximum atomic E-state index is 13.2. The van der Waals surface area contributed by atoms with Crippen LogP contribution in [0, 0.1) is 19.8 Å². The summed E-state index contributed by atoms with van der Waals surface area (Å²) in [7, 11) is 1.92. The predicted molar refractivity (Wildman–Crippen MR) is 133 cm³/mol. The fourth-order valence-electron chi connectivity index (χ4n) is 4.96. The normalized spacial score (nSPS) is 15.2. The molecule has 1 atom stereocenters. The quantitative estimate of drug-likeness (QED) is 0.535. The van der Waals surface area contributed by atoms with E-state index in [1.165, 1.54) is 11.1 Å². The van der Waals surface area contributed by atoms with Crippen molar-refractivity contribution >= 4 is 11.8 Å². The van der Waals surface area contributed by atoms with Gasteiger partial charge in [0.1, 0.15) is 6.54 Å². The van der Waals surface area contributed by atoms with Crippen molar-refractivity contribution in [1.82, 2.24) is 19.6 Å². The second kappa shape index (κ2) is 10.7. The molecule has 0 spiro atoms. The molecule has 0 radical (unpaired) electrons. The van der Waals surface area contributed by atoms with E-state index in [9.17, 15) is 9.59 Å². The summed E-state index contributed by atoms with van der Waals surface area (Å²) in [6, 6.07) is 18.1. The van der Waals surface area contributed by atoms with Crippen molar-refractivity contribution in [2.75, 3.05) is 20.1 Å². The summed E-state index contributed by atoms with van der Waals surface area (Å²) in [5.74, 6) is 0.481. The second-order valence-corrected chi connectivity index (χ2v) is 9.41. The molecule has 6 heteroatoms. The van der Waals surface area contributed by atoms with Gasteiger partial charge in [0, 0.05) is 44.1 Å². The van der Waals surface area contributed by atoms with E-state index < -0.39 is 0 Å². The van der Waals surface area contributed by atoms with E-state index in [1.54, 1.807) is 10.9 Å². The number of nitrogens with zero attached hydrogens (tertiary/aromatic N) is 4. The number of amides is 2. The summed E-state index contributed by atoms with van der Waals surface area (Å²) in [6.45, 7) is 5.79. The molecule has 1 aromatic heterocycles. The average molecular weight is 459 g/mol. The van der Waals surface area contributed by atoms with Gasteiger partial charge in [-0.3, -0.25) is 14.3 Å². The van der Waals surface area contributed by atoms with E-state index in [2.05, 4.69) is 36.3 Å². The van der Waals surface area contributed by atoms with Gasteiger partial charge in [-0.25, -0.2) is 0 Å². The molecule has 1 fully saturated rings. The monoisotopic (exact) mass is 458 g/mol. The van der Waals surface area contributed by atoms with Gasteiger partial charge in [0.15, 0.2) is 0 Å². The first kappa shape index (κ1) is 23.7. The highest BCUT2D eigenvalue weighted by Gasteiger charge is 2.33. The van der Waals surface area contributed by atoms with Crippen LogP contribution >= 0.6 is 0 Å². The van der Waals surface area contributed by atoms with Crippen LogP contribution in [-0.2, 0) is 17.8 Å². The van der Waals surface area contributed by atoms with E-state index in [-0.39, 0.29) is 24.4 Å². The molecule has 0 aliphatic carbocycles. The number of likely N-dealkylation sites (tertiary alicyclic amines) is 1. The van der Waals surface area contributed by atoms with Gasteiger partial charge in [-0.05, 0) is 68.4 Å². The Hall–Kier alpha value is -3.41. The lowest BCUT2D eigenvalue weighted by atomic mass is 9.84. The Balaban J connectivity index is 1.48. The van der Waals surface area contributed by atoms with Crippen LogP contribution in [0.4, 0.5) is 0 Å². The summed E-state index contributed by atoms with van der Waals surface area (Å²) in [4.78, 5) is 30.1. The molecule has 0 saturated carbocycles. The second-order valence-electron chi connectivity index (χ2n) is 9.41. The molecule has 34 heavy (non-hydrogen) atoms. The summed E-state index contributed by atoms with van der Waals surface area (Å²) in [5, 5.41) is 4.20. The molecular weight excluding hydrogens is 424 g/mol. The standard InChI is InChI=1S/C28H34N4O2/c1-21-8-6-11-25(18-21)28(34)31-16-12-23(13-17-31)26(19-24-10-5-4-9-22(24)2)30(3)27(33)20-32-15-7-14-29-32/h4-11,14-15,18,23,26H,12-13,16-17,19-20H2,1-3H3. The number of piperidine rings is 1. The first-order valence-corrected chi connectivity index (χ1v) is 12.1. The van der Waals surface area contributed by atoms with Gasteiger partial charge < -0.3 is 9.80 Å². The van der Waals surface area contributed by atoms with Gasteiger partial charge in [-0.2, -0.15) is 5.10 Å². The third-order valence-electron chi connectivity index (χ3n) is 7.07. The predicted octanol–water partition coefficient (Wildman–Crippen LogP) is 4.12. The first-order valence-electron chi connectivity index (χ1n) is 12.1. The van der Waals surface area contributed by atoms with Gasteiger partial charge in [0.05, 0.1) is 0 Å². The zero-order chi connectivity index (χ0) is 24.1. The Morgan fingerprint density at radius 2 is 1.82 bits per heavy atom. The fraction of sp³-hybridized carbons (Fsp3) is 0.393. The van der Waals surface area contributed by atoms with Crippen LogP contribution < -0.4 is 0 Å². The van der Waals surface area contributed by atoms with Crippen LogP contribution in [0.5, 0.6) is 0 Å². The minimum atomic E-state index is 0.0561. The molecule has 1 aliphatic rings. The van der Waals surface area contributed by atoms with Crippen molar-refractivity contribution in [2.45, 2.75) is 45.7 Å². The lowest BCUT2D eigenvalue weighted by Gasteiger charge is -2.40. The van der Waals surface area contributed by atoms with E-state index >= 15 is 0 Å². The largest absolute Gasteiger partial charge is 0.341 e. The van der Waals surface area contributed by atoms with Crippen molar-refractivity contribution in [1.29, 1.82) is 0 Å². The molecule has 178 valence electrons. The summed E-state index contributed by atoms with van der Waals surface area (Å²) >= 11 is 0. The van der Waals surface area contributed by atoms with Crippen LogP contribution in [0.1, 0.15) is 39.9 Å². The van der Waals surface area contributed by atoms with Gasteiger partial charge in [0.25, 0.3) is 5.91 Å². The minimum absolute atomic E-state index is 0.0561. The van der Waals surface area contributed by atoms with Crippen molar-refractivity contribution < 1.29 is 9.59 Å². The molecule has 0 bridgehead atoms. The molecule has 2 amide bonds. The molecule has 2 heterocycles. The number of rotatable bonds is 7. The SMILES string of the molecule is Cc1cccc(C(=O)N2CCC(C(Cc3ccccc3C)N(C)C(=O)Cn3cccn3)CC2)c1. The molecule has 6 nitrogen and oxygen atoms in total. The molecule has 1 unspecified atom stereocenters. The summed E-state index contributed by atoms with van der Waals surface area (Å²) in [6.07, 6.45) is 6.09. The zero-order valence-corrected chi connectivity index (χ0v) is 20.4. The number of hydrogen-bond donors (Lipinski definition) is 0. The number of aromatic nitrogens is 2. The Morgan fingerprint density at radius 3 is 2.50 bits per heavy atom. The van der Waals surface area contributed by atoms with Crippen molar-refractivity contribution in [2.24, 2.45) is 5.92 Å². The maximum absolute atomic E-state index is 13.2. The first-order chi connectivity index (χ1) is 16.4. The lowest BCUT2D eigenvalue weighted by molar-refractivity contribution is -0.134. The maximum Gasteiger partial charge on any atom is 0.253 e. The molecule has 4 rings (SSSR count). The Bertz CT molecular complexity index is 1120. The van der Waals surface area contributed by atoms with Gasteiger partial charge in [-0.1, -0.05) is 42.0 Å². The van der Waals surface area contributed by atoms with Gasteiger partial charge >= 0.3 is 0 Å². The fourth-order valence-corrected chi connectivity index (χ4v) is 4.96. The van der Waals surface area contributed by atoms with Crippen molar-refractivity contribution in [3.05, 3.63) is 89.2 Å².